The van der Waals surface area contributed by atoms with Gasteiger partial charge in [0, 0.05) is 37.8 Å². The summed E-state index contributed by atoms with van der Waals surface area (Å²) in [5.74, 6) is 2.92. The first-order valence-electron chi connectivity index (χ1n) is 10.7. The minimum atomic E-state index is 0. The van der Waals surface area contributed by atoms with Gasteiger partial charge in [-0.2, -0.15) is 0 Å². The third-order valence-electron chi connectivity index (χ3n) is 5.41. The topological polar surface area (TPSA) is 67.4 Å². The quantitative estimate of drug-likeness (QED) is 0.207. The van der Waals surface area contributed by atoms with Gasteiger partial charge in [0.15, 0.2) is 5.96 Å². The highest BCUT2D eigenvalue weighted by Crippen LogP contribution is 2.34. The molecule has 7 nitrogen and oxygen atoms in total. The molecule has 1 aliphatic heterocycles. The average molecular weight is 534 g/mol. The van der Waals surface area contributed by atoms with Gasteiger partial charge in [-0.3, -0.25) is 0 Å². The van der Waals surface area contributed by atoms with E-state index in [0.717, 1.165) is 37.6 Å². The van der Waals surface area contributed by atoms with Crippen LogP contribution in [-0.2, 0) is 6.54 Å². The maximum atomic E-state index is 5.52. The number of likely N-dealkylation sites (tertiary alicyclic amines) is 1. The largest absolute Gasteiger partial charge is 0.496 e. The summed E-state index contributed by atoms with van der Waals surface area (Å²) >= 11 is 0. The van der Waals surface area contributed by atoms with Crippen molar-refractivity contribution in [1.29, 1.82) is 0 Å². The normalized spacial score (nSPS) is 17.1. The van der Waals surface area contributed by atoms with Crippen molar-refractivity contribution < 1.29 is 14.2 Å². The summed E-state index contributed by atoms with van der Waals surface area (Å²) in [5.41, 5.74) is 0.898. The van der Waals surface area contributed by atoms with Gasteiger partial charge in [-0.1, -0.05) is 6.42 Å². The SMILES string of the molecule is CCNC(=NCc1c(OC)cc(OC)cc1OC)NCCCN1CCCCC1C.I. The maximum Gasteiger partial charge on any atom is 0.191 e. The molecule has 2 N–H and O–H groups in total. The Morgan fingerprint density at radius 1 is 1.10 bits per heavy atom. The van der Waals surface area contributed by atoms with Crippen LogP contribution in [0.3, 0.4) is 0 Å². The Morgan fingerprint density at radius 3 is 2.37 bits per heavy atom. The Kier molecular flexibility index (Phi) is 12.9. The molecule has 2 rings (SSSR count). The van der Waals surface area contributed by atoms with Gasteiger partial charge < -0.3 is 29.7 Å². The molecule has 1 heterocycles. The highest BCUT2D eigenvalue weighted by molar-refractivity contribution is 14.0. The number of halogens is 1. The van der Waals surface area contributed by atoms with E-state index in [0.29, 0.717) is 29.8 Å². The van der Waals surface area contributed by atoms with Crippen LogP contribution in [0, 0.1) is 0 Å². The molecule has 0 radical (unpaired) electrons. The predicted octanol–water partition coefficient (Wildman–Crippen LogP) is 3.65. The lowest BCUT2D eigenvalue weighted by Gasteiger charge is -2.33. The molecule has 30 heavy (non-hydrogen) atoms. The highest BCUT2D eigenvalue weighted by atomic mass is 127. The second-order valence-electron chi connectivity index (χ2n) is 7.37. The maximum absolute atomic E-state index is 5.52. The lowest BCUT2D eigenvalue weighted by Crippen LogP contribution is -2.41. The number of hydrogen-bond donors (Lipinski definition) is 2. The summed E-state index contributed by atoms with van der Waals surface area (Å²) in [6.07, 6.45) is 5.12. The van der Waals surface area contributed by atoms with E-state index in [1.165, 1.54) is 25.8 Å². The van der Waals surface area contributed by atoms with Crippen LogP contribution in [-0.4, -0.2) is 64.4 Å². The van der Waals surface area contributed by atoms with Crippen molar-refractivity contribution in [2.75, 3.05) is 47.5 Å². The van der Waals surface area contributed by atoms with E-state index in [1.54, 1.807) is 21.3 Å². The lowest BCUT2D eigenvalue weighted by molar-refractivity contribution is 0.159. The fourth-order valence-corrected chi connectivity index (χ4v) is 3.71. The molecule has 0 amide bonds. The molecular formula is C22H39IN4O3. The van der Waals surface area contributed by atoms with Crippen molar-refractivity contribution >= 4 is 29.9 Å². The second-order valence-corrected chi connectivity index (χ2v) is 7.37. The second kappa shape index (κ2) is 14.6. The van der Waals surface area contributed by atoms with Crippen LogP contribution >= 0.6 is 24.0 Å². The number of hydrogen-bond acceptors (Lipinski definition) is 5. The number of methoxy groups -OCH3 is 3. The number of piperidine rings is 1. The molecular weight excluding hydrogens is 495 g/mol. The number of aliphatic imine (C=N–C) groups is 1. The van der Waals surface area contributed by atoms with Crippen molar-refractivity contribution in [3.63, 3.8) is 0 Å². The van der Waals surface area contributed by atoms with Crippen molar-refractivity contribution in [1.82, 2.24) is 15.5 Å². The van der Waals surface area contributed by atoms with E-state index in [4.69, 9.17) is 19.2 Å². The van der Waals surface area contributed by atoms with Gasteiger partial charge >= 0.3 is 0 Å². The first kappa shape index (κ1) is 26.6. The smallest absolute Gasteiger partial charge is 0.191 e. The van der Waals surface area contributed by atoms with E-state index in [-0.39, 0.29) is 24.0 Å². The van der Waals surface area contributed by atoms with E-state index < -0.39 is 0 Å². The van der Waals surface area contributed by atoms with E-state index in [1.807, 2.05) is 12.1 Å². The average Bonchev–Trinajstić information content (AvgIpc) is 2.75. The van der Waals surface area contributed by atoms with Gasteiger partial charge in [-0.05, 0) is 39.7 Å². The highest BCUT2D eigenvalue weighted by Gasteiger charge is 2.17. The summed E-state index contributed by atoms with van der Waals surface area (Å²) in [4.78, 5) is 7.34. The number of rotatable bonds is 10. The number of benzene rings is 1. The molecule has 0 bridgehead atoms. The standard InChI is InChI=1S/C22H38N4O3.HI/c1-6-23-22(24-11-9-13-26-12-8-7-10-17(26)2)25-16-19-20(28-4)14-18(27-3)15-21(19)29-5;/h14-15,17H,6-13,16H2,1-5H3,(H2,23,24,25);1H. The minimum absolute atomic E-state index is 0. The van der Waals surface area contributed by atoms with Gasteiger partial charge in [0.2, 0.25) is 0 Å². The molecule has 1 fully saturated rings. The van der Waals surface area contributed by atoms with E-state index >= 15 is 0 Å². The number of ether oxygens (including phenoxy) is 3. The molecule has 1 aliphatic rings. The van der Waals surface area contributed by atoms with Crippen LogP contribution in [0.15, 0.2) is 17.1 Å². The zero-order chi connectivity index (χ0) is 21.1. The molecule has 1 unspecified atom stereocenters. The fraction of sp³-hybridized carbons (Fsp3) is 0.682. The molecule has 1 saturated heterocycles. The third kappa shape index (κ3) is 8.02. The summed E-state index contributed by atoms with van der Waals surface area (Å²) in [5, 5.41) is 6.77. The van der Waals surface area contributed by atoms with E-state index in [9.17, 15) is 0 Å². The van der Waals surface area contributed by atoms with Gasteiger partial charge in [0.25, 0.3) is 0 Å². The van der Waals surface area contributed by atoms with Crippen LogP contribution in [0.2, 0.25) is 0 Å². The Morgan fingerprint density at radius 2 is 1.80 bits per heavy atom. The minimum Gasteiger partial charge on any atom is -0.496 e. The molecule has 8 heteroatoms. The van der Waals surface area contributed by atoms with E-state index in [2.05, 4.69) is 29.4 Å². The van der Waals surface area contributed by atoms with Gasteiger partial charge in [-0.25, -0.2) is 4.99 Å². The first-order chi connectivity index (χ1) is 14.1. The molecule has 1 aromatic rings. The first-order valence-corrected chi connectivity index (χ1v) is 10.7. The Bertz CT molecular complexity index is 632. The summed E-state index contributed by atoms with van der Waals surface area (Å²) in [6.45, 7) is 8.93. The Hall–Kier alpha value is -1.42. The summed E-state index contributed by atoms with van der Waals surface area (Å²) in [7, 11) is 4.92. The van der Waals surface area contributed by atoms with Crippen LogP contribution in [0.25, 0.3) is 0 Å². The van der Waals surface area contributed by atoms with Gasteiger partial charge in [0.05, 0.1) is 33.4 Å². The molecule has 0 aromatic heterocycles. The van der Waals surface area contributed by atoms with Crippen LogP contribution in [0.4, 0.5) is 0 Å². The van der Waals surface area contributed by atoms with Crippen LogP contribution < -0.4 is 24.8 Å². The summed E-state index contributed by atoms with van der Waals surface area (Å²) in [6, 6.07) is 4.42. The number of nitrogens with one attached hydrogen (secondary N) is 2. The Balaban J connectivity index is 0.00000450. The molecule has 0 spiro atoms. The lowest BCUT2D eigenvalue weighted by atomic mass is 10.0. The fourth-order valence-electron chi connectivity index (χ4n) is 3.71. The van der Waals surface area contributed by atoms with Crippen molar-refractivity contribution in [2.24, 2.45) is 4.99 Å². The number of guanidine groups is 1. The molecule has 0 saturated carbocycles. The molecule has 0 aliphatic carbocycles. The van der Waals surface area contributed by atoms with Gasteiger partial charge in [0.1, 0.15) is 17.2 Å². The molecule has 1 atom stereocenters. The van der Waals surface area contributed by atoms with Crippen LogP contribution in [0.5, 0.6) is 17.2 Å². The van der Waals surface area contributed by atoms with Crippen molar-refractivity contribution in [3.05, 3.63) is 17.7 Å². The Labute approximate surface area is 199 Å². The van der Waals surface area contributed by atoms with Crippen molar-refractivity contribution in [3.8, 4) is 17.2 Å². The van der Waals surface area contributed by atoms with Crippen molar-refractivity contribution in [2.45, 2.75) is 52.1 Å². The number of nitrogens with zero attached hydrogens (tertiary/aromatic N) is 2. The molecule has 172 valence electrons. The molecule has 1 aromatic carbocycles. The third-order valence-corrected chi connectivity index (χ3v) is 5.41. The summed E-state index contributed by atoms with van der Waals surface area (Å²) < 4.78 is 16.4. The zero-order valence-electron chi connectivity index (χ0n) is 19.1. The van der Waals surface area contributed by atoms with Gasteiger partial charge in [-0.15, -0.1) is 24.0 Å². The monoisotopic (exact) mass is 534 g/mol. The zero-order valence-corrected chi connectivity index (χ0v) is 21.5. The van der Waals surface area contributed by atoms with Crippen LogP contribution in [0.1, 0.15) is 45.1 Å². The predicted molar refractivity (Wildman–Crippen MR) is 134 cm³/mol.